The van der Waals surface area contributed by atoms with Gasteiger partial charge >= 0.3 is 0 Å². The molecule has 0 saturated carbocycles. The van der Waals surface area contributed by atoms with Crippen molar-refractivity contribution in [3.05, 3.63) is 74.0 Å². The number of halogens is 1. The predicted octanol–water partition coefficient (Wildman–Crippen LogP) is 3.98. The molecule has 36 heavy (non-hydrogen) atoms. The minimum absolute atomic E-state index is 0.0820. The Morgan fingerprint density at radius 3 is 2.58 bits per heavy atom. The first-order valence-corrected chi connectivity index (χ1v) is 13.0. The van der Waals surface area contributed by atoms with Crippen LogP contribution in [0.5, 0.6) is 0 Å². The second-order valence-corrected chi connectivity index (χ2v) is 10.4. The molecule has 0 radical (unpaired) electrons. The summed E-state index contributed by atoms with van der Waals surface area (Å²) in [6.45, 7) is 2.83. The Hall–Kier alpha value is -2.74. The van der Waals surface area contributed by atoms with Crippen LogP contribution in [0.3, 0.4) is 0 Å². The zero-order valence-electron chi connectivity index (χ0n) is 21.3. The molecule has 1 aliphatic heterocycles. The highest BCUT2D eigenvalue weighted by molar-refractivity contribution is 6.30. The zero-order chi connectivity index (χ0) is 25.7. The number of ether oxygens (including phenoxy) is 1. The standard InChI is InChI=1S/C28H35ClN4O3/c1-32(2)12-4-5-22-16-21(15-19-10-13-36-14-11-19)17-24-26(22)33(3)31-25(27(24)34)28(35)30-18-20-6-8-23(29)9-7-20/h6-9,16-17,19H,4-5,10-15,18H2,1-3H3,(H,30,35). The van der Waals surface area contributed by atoms with Crippen molar-refractivity contribution >= 4 is 28.4 Å². The Morgan fingerprint density at radius 2 is 1.89 bits per heavy atom. The number of fused-ring (bicyclic) bond motifs is 1. The van der Waals surface area contributed by atoms with Crippen LogP contribution in [0.1, 0.15) is 46.4 Å². The first kappa shape index (κ1) is 26.3. The van der Waals surface area contributed by atoms with Gasteiger partial charge in [-0.3, -0.25) is 14.3 Å². The lowest BCUT2D eigenvalue weighted by atomic mass is 9.90. The van der Waals surface area contributed by atoms with Gasteiger partial charge in [-0.2, -0.15) is 5.10 Å². The lowest BCUT2D eigenvalue weighted by Crippen LogP contribution is -2.31. The van der Waals surface area contributed by atoms with Crippen LogP contribution in [0.15, 0.2) is 41.2 Å². The zero-order valence-corrected chi connectivity index (χ0v) is 22.1. The van der Waals surface area contributed by atoms with E-state index in [1.165, 1.54) is 0 Å². The van der Waals surface area contributed by atoms with E-state index in [1.807, 2.05) is 25.2 Å². The van der Waals surface area contributed by atoms with Crippen LogP contribution in [-0.2, 0) is 31.2 Å². The molecule has 1 amide bonds. The molecule has 7 nitrogen and oxygen atoms in total. The second-order valence-electron chi connectivity index (χ2n) is 9.93. The third kappa shape index (κ3) is 6.52. The minimum Gasteiger partial charge on any atom is -0.381 e. The van der Waals surface area contributed by atoms with Crippen LogP contribution >= 0.6 is 11.6 Å². The van der Waals surface area contributed by atoms with Crippen LogP contribution in [-0.4, -0.2) is 54.4 Å². The first-order valence-electron chi connectivity index (χ1n) is 12.6. The lowest BCUT2D eigenvalue weighted by molar-refractivity contribution is 0.0665. The number of nitrogens with zero attached hydrogens (tertiary/aromatic N) is 3. The first-order chi connectivity index (χ1) is 17.3. The summed E-state index contributed by atoms with van der Waals surface area (Å²) in [5, 5.41) is 8.45. The molecule has 1 N–H and O–H groups in total. The molecule has 2 aromatic carbocycles. The maximum atomic E-state index is 13.6. The number of hydrogen-bond donors (Lipinski definition) is 1. The Bertz CT molecular complexity index is 1260. The summed E-state index contributed by atoms with van der Waals surface area (Å²) in [5.41, 5.74) is 3.55. The molecule has 0 atom stereocenters. The maximum absolute atomic E-state index is 13.6. The van der Waals surface area contributed by atoms with Crippen molar-refractivity contribution in [3.8, 4) is 0 Å². The van der Waals surface area contributed by atoms with Gasteiger partial charge in [-0.15, -0.1) is 0 Å². The second kappa shape index (κ2) is 12.0. The van der Waals surface area contributed by atoms with Crippen molar-refractivity contribution in [2.45, 2.75) is 38.6 Å². The molecule has 2 heterocycles. The van der Waals surface area contributed by atoms with Gasteiger partial charge in [0.1, 0.15) is 0 Å². The van der Waals surface area contributed by atoms with Gasteiger partial charge < -0.3 is 15.0 Å². The van der Waals surface area contributed by atoms with Crippen molar-refractivity contribution in [2.75, 3.05) is 33.9 Å². The van der Waals surface area contributed by atoms with Crippen molar-refractivity contribution in [2.24, 2.45) is 13.0 Å². The Morgan fingerprint density at radius 1 is 1.17 bits per heavy atom. The summed E-state index contributed by atoms with van der Waals surface area (Å²) >= 11 is 5.95. The lowest BCUT2D eigenvalue weighted by Gasteiger charge is -2.23. The van der Waals surface area contributed by atoms with Crippen LogP contribution < -0.4 is 10.7 Å². The molecule has 8 heteroatoms. The normalized spacial score (nSPS) is 14.5. The molecular weight excluding hydrogens is 476 g/mol. The van der Waals surface area contributed by atoms with Crippen LogP contribution in [0, 0.1) is 5.92 Å². The molecule has 0 aliphatic carbocycles. The summed E-state index contributed by atoms with van der Waals surface area (Å²) in [6, 6.07) is 11.4. The van der Waals surface area contributed by atoms with Crippen molar-refractivity contribution in [1.82, 2.24) is 20.0 Å². The average molecular weight is 511 g/mol. The summed E-state index contributed by atoms with van der Waals surface area (Å²) in [7, 11) is 5.93. The van der Waals surface area contributed by atoms with E-state index in [1.54, 1.807) is 16.8 Å². The van der Waals surface area contributed by atoms with Gasteiger partial charge in [0.2, 0.25) is 5.43 Å². The van der Waals surface area contributed by atoms with Gasteiger partial charge in [-0.25, -0.2) is 0 Å². The number of rotatable bonds is 9. The minimum atomic E-state index is -0.476. The van der Waals surface area contributed by atoms with E-state index >= 15 is 0 Å². The monoisotopic (exact) mass is 510 g/mol. The molecule has 4 rings (SSSR count). The maximum Gasteiger partial charge on any atom is 0.276 e. The van der Waals surface area contributed by atoms with E-state index in [0.29, 0.717) is 22.9 Å². The Kier molecular flexibility index (Phi) is 8.77. The Labute approximate surface area is 217 Å². The van der Waals surface area contributed by atoms with Gasteiger partial charge in [0.05, 0.1) is 10.9 Å². The number of nitrogens with one attached hydrogen (secondary N) is 1. The highest BCUT2D eigenvalue weighted by atomic mass is 35.5. The molecule has 1 aromatic heterocycles. The van der Waals surface area contributed by atoms with E-state index in [-0.39, 0.29) is 11.1 Å². The SMILES string of the molecule is CN(C)CCCc1cc(CC2CCOCC2)cc2c(=O)c(C(=O)NCc3ccc(Cl)cc3)nn(C)c12. The third-order valence-electron chi connectivity index (χ3n) is 6.78. The van der Waals surface area contributed by atoms with E-state index in [9.17, 15) is 9.59 Å². The van der Waals surface area contributed by atoms with Gasteiger partial charge in [0.15, 0.2) is 5.69 Å². The molecule has 1 saturated heterocycles. The summed E-state index contributed by atoms with van der Waals surface area (Å²) < 4.78 is 7.22. The van der Waals surface area contributed by atoms with Crippen LogP contribution in [0.4, 0.5) is 0 Å². The van der Waals surface area contributed by atoms with Crippen molar-refractivity contribution in [1.29, 1.82) is 0 Å². The van der Waals surface area contributed by atoms with E-state index in [2.05, 4.69) is 35.5 Å². The molecule has 3 aromatic rings. The largest absolute Gasteiger partial charge is 0.381 e. The van der Waals surface area contributed by atoms with Gasteiger partial charge in [-0.1, -0.05) is 29.8 Å². The molecule has 192 valence electrons. The summed E-state index contributed by atoms with van der Waals surface area (Å²) in [5.74, 6) is 0.0649. The summed E-state index contributed by atoms with van der Waals surface area (Å²) in [6.07, 6.45) is 4.78. The van der Waals surface area contributed by atoms with Gasteiger partial charge in [-0.05, 0) is 93.6 Å². The fraction of sp³-hybridized carbons (Fsp3) is 0.464. The highest BCUT2D eigenvalue weighted by Crippen LogP contribution is 2.25. The fourth-order valence-corrected chi connectivity index (χ4v) is 5.01. The quantitative estimate of drug-likeness (QED) is 0.471. The molecule has 0 unspecified atom stereocenters. The smallest absolute Gasteiger partial charge is 0.276 e. The third-order valence-corrected chi connectivity index (χ3v) is 7.03. The topological polar surface area (TPSA) is 76.5 Å². The summed E-state index contributed by atoms with van der Waals surface area (Å²) in [4.78, 5) is 28.7. The van der Waals surface area contributed by atoms with Crippen LogP contribution in [0.25, 0.3) is 10.9 Å². The predicted molar refractivity (Wildman–Crippen MR) is 144 cm³/mol. The number of benzene rings is 2. The number of aryl methyl sites for hydroxylation is 2. The van der Waals surface area contributed by atoms with E-state index in [4.69, 9.17) is 16.3 Å². The van der Waals surface area contributed by atoms with Crippen molar-refractivity contribution in [3.63, 3.8) is 0 Å². The number of carbonyl (C=O) groups excluding carboxylic acids is 1. The molecule has 0 bridgehead atoms. The number of amides is 1. The highest BCUT2D eigenvalue weighted by Gasteiger charge is 2.21. The van der Waals surface area contributed by atoms with Gasteiger partial charge in [0.25, 0.3) is 5.91 Å². The molecule has 0 spiro atoms. The number of aromatic nitrogens is 2. The average Bonchev–Trinajstić information content (AvgIpc) is 2.86. The Balaban J connectivity index is 1.67. The van der Waals surface area contributed by atoms with E-state index in [0.717, 1.165) is 74.1 Å². The van der Waals surface area contributed by atoms with Crippen LogP contribution in [0.2, 0.25) is 5.02 Å². The number of carbonyl (C=O) groups is 1. The molecule has 1 aliphatic rings. The molecular formula is C28H35ClN4O3. The molecule has 1 fully saturated rings. The van der Waals surface area contributed by atoms with Crippen molar-refractivity contribution < 1.29 is 9.53 Å². The number of hydrogen-bond acceptors (Lipinski definition) is 5. The fourth-order valence-electron chi connectivity index (χ4n) is 4.88. The van der Waals surface area contributed by atoms with E-state index < -0.39 is 5.91 Å². The van der Waals surface area contributed by atoms with Gasteiger partial charge in [0, 0.05) is 31.8 Å².